The quantitative estimate of drug-likeness (QED) is 0.679. The summed E-state index contributed by atoms with van der Waals surface area (Å²) < 4.78 is 25.5. The molecule has 1 aromatic carbocycles. The van der Waals surface area contributed by atoms with Crippen LogP contribution in [0.3, 0.4) is 0 Å². The zero-order chi connectivity index (χ0) is 9.30. The first kappa shape index (κ1) is 9.42. The Morgan fingerprint density at radius 2 is 1.92 bits per heavy atom. The van der Waals surface area contributed by atoms with Gasteiger partial charge in [-0.2, -0.15) is 0 Å². The SMILES string of the molecule is C[C@H](N)c1cc(Cl)c(F)cc1F. The van der Waals surface area contributed by atoms with Gasteiger partial charge >= 0.3 is 0 Å². The Kier molecular flexibility index (Phi) is 2.65. The summed E-state index contributed by atoms with van der Waals surface area (Å²) in [7, 11) is 0. The van der Waals surface area contributed by atoms with Gasteiger partial charge in [0.25, 0.3) is 0 Å². The van der Waals surface area contributed by atoms with Crippen LogP contribution >= 0.6 is 11.6 Å². The maximum absolute atomic E-state index is 12.9. The van der Waals surface area contributed by atoms with E-state index in [4.69, 9.17) is 17.3 Å². The largest absolute Gasteiger partial charge is 0.324 e. The van der Waals surface area contributed by atoms with Crippen LogP contribution in [0.1, 0.15) is 18.5 Å². The Labute approximate surface area is 74.1 Å². The van der Waals surface area contributed by atoms with E-state index in [-0.39, 0.29) is 10.6 Å². The van der Waals surface area contributed by atoms with E-state index in [1.807, 2.05) is 0 Å². The van der Waals surface area contributed by atoms with Gasteiger partial charge in [-0.3, -0.25) is 0 Å². The molecule has 1 rings (SSSR count). The van der Waals surface area contributed by atoms with Crippen molar-refractivity contribution in [2.75, 3.05) is 0 Å². The number of hydrogen-bond donors (Lipinski definition) is 1. The van der Waals surface area contributed by atoms with Crippen molar-refractivity contribution in [2.24, 2.45) is 5.73 Å². The highest BCUT2D eigenvalue weighted by Crippen LogP contribution is 2.22. The molecular weight excluding hydrogens is 184 g/mol. The summed E-state index contributed by atoms with van der Waals surface area (Å²) in [5, 5.41) is -0.108. The molecule has 0 heterocycles. The molecule has 0 aromatic heterocycles. The maximum atomic E-state index is 12.9. The first-order valence-corrected chi connectivity index (χ1v) is 3.80. The third kappa shape index (κ3) is 1.73. The molecule has 0 saturated heterocycles. The van der Waals surface area contributed by atoms with Gasteiger partial charge in [-0.25, -0.2) is 8.78 Å². The predicted octanol–water partition coefficient (Wildman–Crippen LogP) is 2.64. The molecule has 1 aromatic rings. The van der Waals surface area contributed by atoms with Gasteiger partial charge in [-0.1, -0.05) is 11.6 Å². The molecule has 0 radical (unpaired) electrons. The van der Waals surface area contributed by atoms with E-state index in [9.17, 15) is 8.78 Å². The second-order valence-electron chi connectivity index (χ2n) is 2.58. The molecule has 0 saturated carbocycles. The van der Waals surface area contributed by atoms with Crippen molar-refractivity contribution in [2.45, 2.75) is 13.0 Å². The first-order valence-electron chi connectivity index (χ1n) is 3.42. The van der Waals surface area contributed by atoms with Crippen LogP contribution in [0, 0.1) is 11.6 Å². The van der Waals surface area contributed by atoms with Crippen LogP contribution in [0.25, 0.3) is 0 Å². The van der Waals surface area contributed by atoms with E-state index in [1.54, 1.807) is 6.92 Å². The van der Waals surface area contributed by atoms with Crippen molar-refractivity contribution in [3.63, 3.8) is 0 Å². The van der Waals surface area contributed by atoms with Gasteiger partial charge in [-0.05, 0) is 13.0 Å². The summed E-state index contributed by atoms with van der Waals surface area (Å²) in [6.45, 7) is 1.60. The lowest BCUT2D eigenvalue weighted by Crippen LogP contribution is -2.07. The van der Waals surface area contributed by atoms with Crippen LogP contribution in [0.2, 0.25) is 5.02 Å². The van der Waals surface area contributed by atoms with Crippen LogP contribution < -0.4 is 5.73 Å². The number of hydrogen-bond acceptors (Lipinski definition) is 1. The Balaban J connectivity index is 3.23. The maximum Gasteiger partial charge on any atom is 0.144 e. The highest BCUT2D eigenvalue weighted by Gasteiger charge is 2.10. The molecule has 0 fully saturated rings. The fraction of sp³-hybridized carbons (Fsp3) is 0.250. The summed E-state index contributed by atoms with van der Waals surface area (Å²) in [6.07, 6.45) is 0. The molecule has 12 heavy (non-hydrogen) atoms. The smallest absolute Gasteiger partial charge is 0.144 e. The van der Waals surface area contributed by atoms with Crippen LogP contribution in [0.15, 0.2) is 12.1 Å². The topological polar surface area (TPSA) is 26.0 Å². The Hall–Kier alpha value is -0.670. The molecule has 0 aliphatic carbocycles. The van der Waals surface area contributed by atoms with Crippen molar-refractivity contribution < 1.29 is 8.78 Å². The van der Waals surface area contributed by atoms with Gasteiger partial charge in [0.2, 0.25) is 0 Å². The van der Waals surface area contributed by atoms with Gasteiger partial charge in [0.05, 0.1) is 5.02 Å². The van der Waals surface area contributed by atoms with Gasteiger partial charge in [0.15, 0.2) is 0 Å². The van der Waals surface area contributed by atoms with Crippen molar-refractivity contribution in [1.29, 1.82) is 0 Å². The number of nitrogens with two attached hydrogens (primary N) is 1. The number of halogens is 3. The molecule has 0 amide bonds. The van der Waals surface area contributed by atoms with E-state index in [1.165, 1.54) is 6.07 Å². The molecule has 0 bridgehead atoms. The number of rotatable bonds is 1. The van der Waals surface area contributed by atoms with E-state index in [0.717, 1.165) is 6.07 Å². The second-order valence-corrected chi connectivity index (χ2v) is 2.98. The minimum absolute atomic E-state index is 0.108. The lowest BCUT2D eigenvalue weighted by molar-refractivity contribution is 0.562. The minimum atomic E-state index is -0.765. The van der Waals surface area contributed by atoms with Crippen LogP contribution in [-0.4, -0.2) is 0 Å². The van der Waals surface area contributed by atoms with E-state index >= 15 is 0 Å². The summed E-state index contributed by atoms with van der Waals surface area (Å²) in [5.74, 6) is -1.43. The molecule has 1 atom stereocenters. The molecule has 2 N–H and O–H groups in total. The lowest BCUT2D eigenvalue weighted by atomic mass is 10.1. The van der Waals surface area contributed by atoms with Crippen molar-refractivity contribution in [3.05, 3.63) is 34.4 Å². The molecule has 66 valence electrons. The van der Waals surface area contributed by atoms with Gasteiger partial charge in [-0.15, -0.1) is 0 Å². The first-order chi connectivity index (χ1) is 5.52. The van der Waals surface area contributed by atoms with E-state index in [2.05, 4.69) is 0 Å². The van der Waals surface area contributed by atoms with Gasteiger partial charge in [0, 0.05) is 17.7 Å². The van der Waals surface area contributed by atoms with Crippen molar-refractivity contribution in [1.82, 2.24) is 0 Å². The third-order valence-corrected chi connectivity index (χ3v) is 1.82. The average Bonchev–Trinajstić information content (AvgIpc) is 1.96. The molecule has 4 heteroatoms. The van der Waals surface area contributed by atoms with Crippen LogP contribution in [0.5, 0.6) is 0 Å². The summed E-state index contributed by atoms with van der Waals surface area (Å²) in [6, 6.07) is 1.46. The van der Waals surface area contributed by atoms with Gasteiger partial charge in [0.1, 0.15) is 11.6 Å². The molecule has 0 aliphatic rings. The van der Waals surface area contributed by atoms with Gasteiger partial charge < -0.3 is 5.73 Å². The predicted molar refractivity (Wildman–Crippen MR) is 44.0 cm³/mol. The van der Waals surface area contributed by atoms with E-state index < -0.39 is 17.7 Å². The summed E-state index contributed by atoms with van der Waals surface area (Å²) in [4.78, 5) is 0. The molecule has 1 nitrogen and oxygen atoms in total. The zero-order valence-corrected chi connectivity index (χ0v) is 7.20. The lowest BCUT2D eigenvalue weighted by Gasteiger charge is -2.07. The highest BCUT2D eigenvalue weighted by atomic mass is 35.5. The second kappa shape index (κ2) is 3.37. The average molecular weight is 192 g/mol. The normalized spacial score (nSPS) is 13.1. The minimum Gasteiger partial charge on any atom is -0.324 e. The third-order valence-electron chi connectivity index (χ3n) is 1.53. The molecule has 0 unspecified atom stereocenters. The fourth-order valence-corrected chi connectivity index (χ4v) is 1.06. The van der Waals surface area contributed by atoms with Crippen molar-refractivity contribution >= 4 is 11.6 Å². The molecule has 0 aliphatic heterocycles. The zero-order valence-electron chi connectivity index (χ0n) is 6.44. The monoisotopic (exact) mass is 191 g/mol. The molecular formula is C8H8ClF2N. The van der Waals surface area contributed by atoms with Crippen molar-refractivity contribution in [3.8, 4) is 0 Å². The summed E-state index contributed by atoms with van der Waals surface area (Å²) in [5.41, 5.74) is 5.64. The van der Waals surface area contributed by atoms with Crippen LogP contribution in [-0.2, 0) is 0 Å². The Bertz CT molecular complexity index is 299. The summed E-state index contributed by atoms with van der Waals surface area (Å²) >= 11 is 5.43. The Morgan fingerprint density at radius 3 is 2.42 bits per heavy atom. The van der Waals surface area contributed by atoms with E-state index in [0.29, 0.717) is 0 Å². The Morgan fingerprint density at radius 1 is 1.33 bits per heavy atom. The fourth-order valence-electron chi connectivity index (χ4n) is 0.887. The highest BCUT2D eigenvalue weighted by molar-refractivity contribution is 6.30. The van der Waals surface area contributed by atoms with Crippen LogP contribution in [0.4, 0.5) is 8.78 Å². The molecule has 0 spiro atoms. The number of benzene rings is 1. The standard InChI is InChI=1S/C8H8ClF2N/c1-4(12)5-2-6(9)8(11)3-7(5)10/h2-4H,12H2,1H3/t4-/m0/s1.